The monoisotopic (exact) mass is 443 g/mol. The van der Waals surface area contributed by atoms with Gasteiger partial charge in [0, 0.05) is 38.7 Å². The molecule has 32 heavy (non-hydrogen) atoms. The summed E-state index contributed by atoms with van der Waals surface area (Å²) in [6.07, 6.45) is 0. The third-order valence-electron chi connectivity index (χ3n) is 4.96. The number of benzene rings is 2. The Morgan fingerprint density at radius 3 is 2.19 bits per heavy atom. The van der Waals surface area contributed by atoms with Crippen LogP contribution in [0.3, 0.4) is 0 Å². The largest absolute Gasteiger partial charge is 0.465 e. The number of aliphatic hydroxyl groups is 2. The van der Waals surface area contributed by atoms with Crippen LogP contribution in [0.25, 0.3) is 0 Å². The predicted molar refractivity (Wildman–Crippen MR) is 118 cm³/mol. The quantitative estimate of drug-likeness (QED) is 0.338. The number of nitrogens with two attached hydrogens (primary N) is 1. The van der Waals surface area contributed by atoms with E-state index in [0.717, 1.165) is 0 Å². The number of hydrogen-bond donors (Lipinski definition) is 4. The summed E-state index contributed by atoms with van der Waals surface area (Å²) in [6, 6.07) is 14.3. The zero-order valence-corrected chi connectivity index (χ0v) is 18.0. The van der Waals surface area contributed by atoms with E-state index in [1.54, 1.807) is 30.3 Å². The second-order valence-electron chi connectivity index (χ2n) is 7.18. The normalized spacial score (nSPS) is 12.8. The first-order chi connectivity index (χ1) is 15.3. The summed E-state index contributed by atoms with van der Waals surface area (Å²) in [5.74, 6) is -1.62. The summed E-state index contributed by atoms with van der Waals surface area (Å²) in [6.45, 7) is 3.07. The van der Waals surface area contributed by atoms with E-state index in [1.165, 1.54) is 31.2 Å². The highest BCUT2D eigenvalue weighted by Crippen LogP contribution is 2.29. The van der Waals surface area contributed by atoms with E-state index in [4.69, 9.17) is 15.6 Å². The van der Waals surface area contributed by atoms with E-state index in [9.17, 15) is 19.5 Å². The molecule has 9 nitrogen and oxygen atoms in total. The maximum absolute atomic E-state index is 12.4. The van der Waals surface area contributed by atoms with Crippen LogP contribution >= 0.6 is 0 Å². The molecule has 172 valence electrons. The summed E-state index contributed by atoms with van der Waals surface area (Å²) in [7, 11) is 0. The molecule has 1 unspecified atom stereocenters. The minimum absolute atomic E-state index is 0.0559. The van der Waals surface area contributed by atoms with Crippen molar-refractivity contribution < 1.29 is 29.3 Å². The van der Waals surface area contributed by atoms with Gasteiger partial charge in [-0.2, -0.15) is 0 Å². The molecule has 0 radical (unpaired) electrons. The van der Waals surface area contributed by atoms with Gasteiger partial charge < -0.3 is 26.0 Å². The van der Waals surface area contributed by atoms with Crippen molar-refractivity contribution >= 4 is 17.8 Å². The Morgan fingerprint density at radius 2 is 1.62 bits per heavy atom. The zero-order chi connectivity index (χ0) is 23.6. The van der Waals surface area contributed by atoms with Crippen molar-refractivity contribution in [3.05, 3.63) is 71.3 Å². The lowest BCUT2D eigenvalue weighted by molar-refractivity contribution is -0.141. The maximum atomic E-state index is 12.4. The Kier molecular flexibility index (Phi) is 9.33. The second kappa shape index (κ2) is 11.9. The molecular weight excluding hydrogens is 414 g/mol. The molecule has 0 spiro atoms. The van der Waals surface area contributed by atoms with Crippen LogP contribution in [0.2, 0.25) is 0 Å². The van der Waals surface area contributed by atoms with Gasteiger partial charge in [-0.05, 0) is 23.3 Å². The van der Waals surface area contributed by atoms with Crippen LogP contribution in [-0.2, 0) is 19.9 Å². The number of carbonyl (C=O) groups excluding carboxylic acids is 3. The highest BCUT2D eigenvalue weighted by Gasteiger charge is 2.38. The first kappa shape index (κ1) is 25.0. The topological polar surface area (TPSA) is 142 Å². The first-order valence-electron chi connectivity index (χ1n) is 10.2. The molecule has 2 amide bonds. The molecule has 0 bridgehead atoms. The third kappa shape index (κ3) is 6.61. The summed E-state index contributed by atoms with van der Waals surface area (Å²) >= 11 is 0. The Morgan fingerprint density at radius 1 is 1.00 bits per heavy atom. The van der Waals surface area contributed by atoms with Crippen LogP contribution in [0.1, 0.15) is 28.4 Å². The molecule has 0 aromatic heterocycles. The van der Waals surface area contributed by atoms with Crippen LogP contribution in [0, 0.1) is 0 Å². The number of esters is 1. The number of nitrogens with zero attached hydrogens (tertiary/aromatic N) is 1. The second-order valence-corrected chi connectivity index (χ2v) is 7.18. The Balaban J connectivity index is 1.99. The van der Waals surface area contributed by atoms with Crippen LogP contribution in [0.5, 0.6) is 0 Å². The maximum Gasteiger partial charge on any atom is 0.302 e. The molecule has 0 saturated heterocycles. The Labute approximate surface area is 186 Å². The van der Waals surface area contributed by atoms with Crippen molar-refractivity contribution in [3.63, 3.8) is 0 Å². The SMILES string of the molecule is CC(=O)OCCN(CCO)CCNC(=O)c1ccc(C(O)(C(N)=O)c2ccccc2)cc1. The van der Waals surface area contributed by atoms with E-state index < -0.39 is 11.5 Å². The molecule has 9 heteroatoms. The van der Waals surface area contributed by atoms with E-state index in [-0.39, 0.29) is 30.7 Å². The van der Waals surface area contributed by atoms with E-state index in [0.29, 0.717) is 37.3 Å². The molecule has 0 aliphatic heterocycles. The number of hydrogen-bond acceptors (Lipinski definition) is 7. The Hall–Kier alpha value is -3.27. The van der Waals surface area contributed by atoms with Crippen molar-refractivity contribution in [1.29, 1.82) is 0 Å². The minimum atomic E-state index is -2.01. The van der Waals surface area contributed by atoms with E-state index in [1.807, 2.05) is 4.90 Å². The van der Waals surface area contributed by atoms with Gasteiger partial charge in [0.2, 0.25) is 0 Å². The van der Waals surface area contributed by atoms with Crippen LogP contribution in [0.4, 0.5) is 0 Å². The lowest BCUT2D eigenvalue weighted by Crippen LogP contribution is -2.42. The van der Waals surface area contributed by atoms with Gasteiger partial charge in [-0.3, -0.25) is 19.3 Å². The molecule has 0 heterocycles. The fourth-order valence-electron chi connectivity index (χ4n) is 3.22. The highest BCUT2D eigenvalue weighted by atomic mass is 16.5. The number of primary amides is 1. The van der Waals surface area contributed by atoms with Crippen molar-refractivity contribution in [1.82, 2.24) is 10.2 Å². The number of carbonyl (C=O) groups is 3. The number of rotatable bonds is 12. The van der Waals surface area contributed by atoms with Gasteiger partial charge in [0.25, 0.3) is 11.8 Å². The smallest absolute Gasteiger partial charge is 0.302 e. The van der Waals surface area contributed by atoms with Gasteiger partial charge >= 0.3 is 5.97 Å². The third-order valence-corrected chi connectivity index (χ3v) is 4.96. The molecular formula is C23H29N3O6. The zero-order valence-electron chi connectivity index (χ0n) is 18.0. The van der Waals surface area contributed by atoms with Crippen molar-refractivity contribution in [2.45, 2.75) is 12.5 Å². The molecule has 0 saturated carbocycles. The fraction of sp³-hybridized carbons (Fsp3) is 0.348. The Bertz CT molecular complexity index is 904. The van der Waals surface area contributed by atoms with Crippen molar-refractivity contribution in [2.75, 3.05) is 39.4 Å². The van der Waals surface area contributed by atoms with Crippen molar-refractivity contribution in [2.24, 2.45) is 5.73 Å². The number of amides is 2. The molecule has 0 aliphatic carbocycles. The lowest BCUT2D eigenvalue weighted by atomic mass is 9.85. The number of ether oxygens (including phenoxy) is 1. The lowest BCUT2D eigenvalue weighted by Gasteiger charge is -2.26. The first-order valence-corrected chi connectivity index (χ1v) is 10.2. The van der Waals surface area contributed by atoms with Gasteiger partial charge in [0.15, 0.2) is 5.60 Å². The molecule has 5 N–H and O–H groups in total. The van der Waals surface area contributed by atoms with Gasteiger partial charge in [0.1, 0.15) is 6.61 Å². The average molecular weight is 444 g/mol. The van der Waals surface area contributed by atoms with Crippen LogP contribution in [-0.4, -0.2) is 72.3 Å². The average Bonchev–Trinajstić information content (AvgIpc) is 2.78. The fourth-order valence-corrected chi connectivity index (χ4v) is 3.22. The standard InChI is InChI=1S/C23H29N3O6/c1-17(28)32-16-14-26(13-15-27)12-11-25-21(29)18-7-9-20(10-8-18)23(31,22(24)30)19-5-3-2-4-6-19/h2-10,27,31H,11-16H2,1H3,(H2,24,30)(H,25,29). The summed E-state index contributed by atoms with van der Waals surface area (Å²) in [5, 5.41) is 22.9. The number of nitrogens with one attached hydrogen (secondary N) is 1. The van der Waals surface area contributed by atoms with Crippen LogP contribution in [0.15, 0.2) is 54.6 Å². The van der Waals surface area contributed by atoms with Gasteiger partial charge in [0.05, 0.1) is 6.61 Å². The summed E-state index contributed by atoms with van der Waals surface area (Å²) in [4.78, 5) is 37.2. The van der Waals surface area contributed by atoms with Crippen LogP contribution < -0.4 is 11.1 Å². The number of aliphatic hydroxyl groups excluding tert-OH is 1. The molecule has 1 atom stereocenters. The minimum Gasteiger partial charge on any atom is -0.465 e. The molecule has 2 aromatic rings. The molecule has 0 fully saturated rings. The predicted octanol–water partition coefficient (Wildman–Crippen LogP) is -0.00500. The summed E-state index contributed by atoms with van der Waals surface area (Å²) in [5.41, 5.74) is 4.42. The summed E-state index contributed by atoms with van der Waals surface area (Å²) < 4.78 is 4.90. The van der Waals surface area contributed by atoms with Gasteiger partial charge in [-0.1, -0.05) is 42.5 Å². The molecule has 2 aromatic carbocycles. The van der Waals surface area contributed by atoms with E-state index in [2.05, 4.69) is 5.32 Å². The highest BCUT2D eigenvalue weighted by molar-refractivity contribution is 5.94. The van der Waals surface area contributed by atoms with E-state index >= 15 is 0 Å². The molecule has 0 aliphatic rings. The van der Waals surface area contributed by atoms with Crippen molar-refractivity contribution in [3.8, 4) is 0 Å². The van der Waals surface area contributed by atoms with Gasteiger partial charge in [-0.25, -0.2) is 0 Å². The van der Waals surface area contributed by atoms with Gasteiger partial charge in [-0.15, -0.1) is 0 Å². The molecule has 2 rings (SSSR count).